The van der Waals surface area contributed by atoms with Crippen LogP contribution in [0.25, 0.3) is 0 Å². The van der Waals surface area contributed by atoms with E-state index in [0.29, 0.717) is 0 Å². The van der Waals surface area contributed by atoms with Crippen molar-refractivity contribution >= 4 is 23.2 Å². The zero-order chi connectivity index (χ0) is 23.0. The van der Waals surface area contributed by atoms with Crippen molar-refractivity contribution in [3.8, 4) is 0 Å². The van der Waals surface area contributed by atoms with E-state index >= 15 is 0 Å². The fourth-order valence-corrected chi connectivity index (χ4v) is 3.22. The van der Waals surface area contributed by atoms with Crippen molar-refractivity contribution in [1.82, 2.24) is 20.4 Å². The molecule has 0 radical (unpaired) electrons. The summed E-state index contributed by atoms with van der Waals surface area (Å²) in [5.41, 5.74) is 6.61. The van der Waals surface area contributed by atoms with E-state index in [4.69, 9.17) is 0 Å². The molecule has 2 aromatic heterocycles. The number of anilines is 2. The molecule has 2 heterocycles. The summed E-state index contributed by atoms with van der Waals surface area (Å²) < 4.78 is 0. The molecule has 0 fully saturated rings. The van der Waals surface area contributed by atoms with Crippen LogP contribution in [0, 0.1) is 10.1 Å². The van der Waals surface area contributed by atoms with Gasteiger partial charge in [-0.3, -0.25) is 30.7 Å². The molecule has 10 nitrogen and oxygen atoms in total. The second kappa shape index (κ2) is 9.96. The number of benzene rings is 2. The Bertz CT molecular complexity index is 1200. The number of carbonyl (C=O) groups excluding carboxylic acids is 1. The van der Waals surface area contributed by atoms with Crippen LogP contribution in [-0.4, -0.2) is 25.8 Å². The van der Waals surface area contributed by atoms with Crippen molar-refractivity contribution in [3.63, 3.8) is 0 Å². The quantitative estimate of drug-likeness (QED) is 0.278. The van der Waals surface area contributed by atoms with Crippen LogP contribution in [-0.2, 0) is 0 Å². The van der Waals surface area contributed by atoms with Crippen LogP contribution in [0.4, 0.5) is 17.3 Å². The first-order chi connectivity index (χ1) is 16.1. The number of carbonyl (C=O) groups is 1. The van der Waals surface area contributed by atoms with Gasteiger partial charge in [-0.1, -0.05) is 60.7 Å². The van der Waals surface area contributed by atoms with Crippen molar-refractivity contribution in [2.75, 3.05) is 10.7 Å². The Morgan fingerprint density at radius 1 is 0.879 bits per heavy atom. The molecule has 0 unspecified atom stereocenters. The molecule has 0 saturated heterocycles. The topological polar surface area (TPSA) is 135 Å². The van der Waals surface area contributed by atoms with Crippen LogP contribution < -0.4 is 16.2 Å². The van der Waals surface area contributed by atoms with Gasteiger partial charge >= 0.3 is 5.69 Å². The molecule has 4 rings (SSSR count). The minimum absolute atomic E-state index is 0.00540. The summed E-state index contributed by atoms with van der Waals surface area (Å²) in [6.45, 7) is 0. The Morgan fingerprint density at radius 2 is 1.52 bits per heavy atom. The van der Waals surface area contributed by atoms with Gasteiger partial charge in [-0.15, -0.1) is 0 Å². The first-order valence-electron chi connectivity index (χ1n) is 9.95. The number of aromatic nitrogens is 3. The summed E-state index contributed by atoms with van der Waals surface area (Å²) in [5, 5.41) is 15.1. The lowest BCUT2D eigenvalue weighted by molar-refractivity contribution is -0.383. The van der Waals surface area contributed by atoms with E-state index < -0.39 is 22.6 Å². The monoisotopic (exact) mass is 441 g/mol. The Balaban J connectivity index is 1.64. The van der Waals surface area contributed by atoms with E-state index in [1.807, 2.05) is 60.7 Å². The lowest BCUT2D eigenvalue weighted by atomic mass is 9.99. The Morgan fingerprint density at radius 3 is 2.09 bits per heavy atom. The second-order valence-corrected chi connectivity index (χ2v) is 6.90. The van der Waals surface area contributed by atoms with Crippen LogP contribution in [0.15, 0.2) is 91.5 Å². The van der Waals surface area contributed by atoms with E-state index in [9.17, 15) is 14.9 Å². The van der Waals surface area contributed by atoms with Gasteiger partial charge in [0.15, 0.2) is 0 Å². The van der Waals surface area contributed by atoms with Gasteiger partial charge in [0, 0.05) is 12.4 Å². The molecule has 33 heavy (non-hydrogen) atoms. The highest BCUT2D eigenvalue weighted by Gasteiger charge is 2.26. The van der Waals surface area contributed by atoms with Crippen LogP contribution >= 0.6 is 0 Å². The molecule has 164 valence electrons. The molecule has 0 aliphatic carbocycles. The highest BCUT2D eigenvalue weighted by molar-refractivity contribution is 5.94. The minimum Gasteiger partial charge on any atom is -0.353 e. The standard InChI is InChI=1S/C23H19N7O3/c31-23(18-12-7-13-24-14-18)29-28-22-20(30(32)33)21(25-15-26-22)27-19(16-8-3-1-4-9-16)17-10-5-2-6-11-17/h1-15,19H,(H,29,31)(H2,25,26,27,28). The van der Waals surface area contributed by atoms with E-state index in [-0.39, 0.29) is 17.2 Å². The first kappa shape index (κ1) is 21.4. The Hall–Kier alpha value is -4.86. The molecular formula is C23H19N7O3. The predicted molar refractivity (Wildman–Crippen MR) is 122 cm³/mol. The predicted octanol–water partition coefficient (Wildman–Crippen LogP) is 3.74. The largest absolute Gasteiger partial charge is 0.354 e. The zero-order valence-electron chi connectivity index (χ0n) is 17.3. The van der Waals surface area contributed by atoms with Gasteiger partial charge in [0.1, 0.15) is 6.33 Å². The van der Waals surface area contributed by atoms with Gasteiger partial charge in [-0.05, 0) is 23.3 Å². The molecule has 0 spiro atoms. The summed E-state index contributed by atoms with van der Waals surface area (Å²) >= 11 is 0. The fourth-order valence-electron chi connectivity index (χ4n) is 3.22. The van der Waals surface area contributed by atoms with Gasteiger partial charge in [0.05, 0.1) is 16.5 Å². The van der Waals surface area contributed by atoms with Crippen LogP contribution in [0.2, 0.25) is 0 Å². The number of pyridine rings is 1. The van der Waals surface area contributed by atoms with Gasteiger partial charge in [0.25, 0.3) is 5.91 Å². The average molecular weight is 441 g/mol. The second-order valence-electron chi connectivity index (χ2n) is 6.90. The highest BCUT2D eigenvalue weighted by Crippen LogP contribution is 2.33. The Kier molecular flexibility index (Phi) is 6.45. The molecule has 3 N–H and O–H groups in total. The first-order valence-corrected chi connectivity index (χ1v) is 9.95. The third-order valence-corrected chi connectivity index (χ3v) is 4.77. The van der Waals surface area contributed by atoms with E-state index in [1.54, 1.807) is 12.1 Å². The molecule has 1 amide bonds. The third-order valence-electron chi connectivity index (χ3n) is 4.77. The van der Waals surface area contributed by atoms with Gasteiger partial charge in [0.2, 0.25) is 11.6 Å². The molecule has 0 atom stereocenters. The lowest BCUT2D eigenvalue weighted by Crippen LogP contribution is -2.30. The molecule has 0 bridgehead atoms. The molecule has 0 aliphatic heterocycles. The van der Waals surface area contributed by atoms with Crippen LogP contribution in [0.3, 0.4) is 0 Å². The highest BCUT2D eigenvalue weighted by atomic mass is 16.6. The zero-order valence-corrected chi connectivity index (χ0v) is 17.3. The summed E-state index contributed by atoms with van der Waals surface area (Å²) in [5.74, 6) is -0.669. The number of amides is 1. The number of nitro groups is 1. The third kappa shape index (κ3) is 5.07. The number of nitrogens with zero attached hydrogens (tertiary/aromatic N) is 4. The Labute approximate surface area is 188 Å². The molecule has 0 saturated carbocycles. The maximum atomic E-state index is 12.3. The SMILES string of the molecule is O=C(NNc1ncnc(NC(c2ccccc2)c2ccccc2)c1[N+](=O)[O-])c1cccnc1. The van der Waals surface area contributed by atoms with Crippen molar-refractivity contribution in [3.05, 3.63) is 118 Å². The molecule has 4 aromatic rings. The number of hydrogen-bond acceptors (Lipinski definition) is 8. The van der Waals surface area contributed by atoms with Gasteiger partial charge in [-0.2, -0.15) is 0 Å². The minimum atomic E-state index is -0.603. The normalized spacial score (nSPS) is 10.5. The van der Waals surface area contributed by atoms with Crippen LogP contribution in [0.1, 0.15) is 27.5 Å². The lowest BCUT2D eigenvalue weighted by Gasteiger charge is -2.20. The van der Waals surface area contributed by atoms with Crippen LogP contribution in [0.5, 0.6) is 0 Å². The summed E-state index contributed by atoms with van der Waals surface area (Å²) in [7, 11) is 0. The summed E-state index contributed by atoms with van der Waals surface area (Å²) in [6, 6.07) is 21.8. The van der Waals surface area contributed by atoms with Gasteiger partial charge < -0.3 is 5.32 Å². The number of hydrogen-bond donors (Lipinski definition) is 3. The average Bonchev–Trinajstić information content (AvgIpc) is 2.87. The van der Waals surface area contributed by atoms with Crippen molar-refractivity contribution in [2.24, 2.45) is 0 Å². The van der Waals surface area contributed by atoms with E-state index in [2.05, 4.69) is 31.1 Å². The fraction of sp³-hybridized carbons (Fsp3) is 0.0435. The van der Waals surface area contributed by atoms with Crippen molar-refractivity contribution in [2.45, 2.75) is 6.04 Å². The van der Waals surface area contributed by atoms with E-state index in [0.717, 1.165) is 11.1 Å². The summed E-state index contributed by atoms with van der Waals surface area (Å²) in [4.78, 5) is 35.6. The maximum absolute atomic E-state index is 12.3. The van der Waals surface area contributed by atoms with Crippen molar-refractivity contribution < 1.29 is 9.72 Å². The number of hydrazine groups is 1. The summed E-state index contributed by atoms with van der Waals surface area (Å²) in [6.07, 6.45) is 4.09. The molecular weight excluding hydrogens is 422 g/mol. The molecule has 0 aliphatic rings. The molecule has 2 aromatic carbocycles. The van der Waals surface area contributed by atoms with Gasteiger partial charge in [-0.25, -0.2) is 9.97 Å². The smallest absolute Gasteiger partial charge is 0.353 e. The number of nitrogens with one attached hydrogen (secondary N) is 3. The number of rotatable bonds is 8. The van der Waals surface area contributed by atoms with Crippen molar-refractivity contribution in [1.29, 1.82) is 0 Å². The molecule has 10 heteroatoms. The maximum Gasteiger partial charge on any atom is 0.354 e. The van der Waals surface area contributed by atoms with E-state index in [1.165, 1.54) is 18.7 Å².